The minimum atomic E-state index is -4.77. The van der Waals surface area contributed by atoms with Crippen molar-refractivity contribution in [2.45, 2.75) is 24.9 Å². The number of hydrogen-bond acceptors (Lipinski definition) is 5. The second-order valence-corrected chi connectivity index (χ2v) is 7.26. The van der Waals surface area contributed by atoms with Gasteiger partial charge in [0.25, 0.3) is 5.69 Å². The van der Waals surface area contributed by atoms with Gasteiger partial charge in [-0.25, -0.2) is 0 Å². The first-order valence-electron chi connectivity index (χ1n) is 8.85. The molecule has 0 bridgehead atoms. The predicted octanol–water partition coefficient (Wildman–Crippen LogP) is 4.69. The summed E-state index contributed by atoms with van der Waals surface area (Å²) in [6.07, 6.45) is -1.46. The lowest BCUT2D eigenvalue weighted by Gasteiger charge is -2.33. The van der Waals surface area contributed by atoms with Crippen molar-refractivity contribution in [2.24, 2.45) is 0 Å². The molecule has 3 aromatic rings. The molecule has 1 fully saturated rings. The van der Waals surface area contributed by atoms with Crippen molar-refractivity contribution in [3.8, 4) is 0 Å². The first-order chi connectivity index (χ1) is 13.8. The molecule has 1 unspecified atom stereocenters. The Morgan fingerprint density at radius 1 is 1.24 bits per heavy atom. The van der Waals surface area contributed by atoms with E-state index in [2.05, 4.69) is 10.2 Å². The maximum atomic E-state index is 13.1. The first-order valence-corrected chi connectivity index (χ1v) is 9.23. The molecule has 3 heterocycles. The summed E-state index contributed by atoms with van der Waals surface area (Å²) in [5.74, 6) is 0.632. The Labute approximate surface area is 167 Å². The second kappa shape index (κ2) is 7.18. The van der Waals surface area contributed by atoms with Crippen LogP contribution >= 0.6 is 11.6 Å². The van der Waals surface area contributed by atoms with Crippen molar-refractivity contribution < 1.29 is 18.1 Å². The molecule has 0 aliphatic carbocycles. The molecule has 4 rings (SSSR count). The number of fused-ring (bicyclic) bond motifs is 1. The molecule has 1 aliphatic heterocycles. The molecule has 7 nitrogen and oxygen atoms in total. The van der Waals surface area contributed by atoms with Crippen molar-refractivity contribution in [3.05, 3.63) is 63.1 Å². The highest BCUT2D eigenvalue weighted by atomic mass is 35.5. The minimum absolute atomic E-state index is 0.0755. The Bertz CT molecular complexity index is 1090. The van der Waals surface area contributed by atoms with Crippen LogP contribution in [0.25, 0.3) is 5.65 Å². The number of nitro benzene ring substituents is 1. The minimum Gasteiger partial charge on any atom is -0.365 e. The molecule has 0 spiro atoms. The normalized spacial score (nSPS) is 17.7. The van der Waals surface area contributed by atoms with Crippen LogP contribution in [0.3, 0.4) is 0 Å². The number of nitrogens with zero attached hydrogens (tertiary/aromatic N) is 5. The molecular weight excluding hydrogens is 411 g/mol. The van der Waals surface area contributed by atoms with Gasteiger partial charge in [-0.1, -0.05) is 17.7 Å². The quantitative estimate of drug-likeness (QED) is 0.449. The van der Waals surface area contributed by atoms with E-state index in [1.165, 1.54) is 0 Å². The molecule has 0 saturated carbocycles. The van der Waals surface area contributed by atoms with Crippen molar-refractivity contribution in [3.63, 3.8) is 0 Å². The Hall–Kier alpha value is -2.88. The summed E-state index contributed by atoms with van der Waals surface area (Å²) >= 11 is 5.83. The highest BCUT2D eigenvalue weighted by Crippen LogP contribution is 2.42. The zero-order chi connectivity index (χ0) is 20.8. The van der Waals surface area contributed by atoms with Crippen LogP contribution in [0.1, 0.15) is 30.1 Å². The summed E-state index contributed by atoms with van der Waals surface area (Å²) in [4.78, 5) is 12.4. The number of nitro groups is 1. The number of pyridine rings is 1. The van der Waals surface area contributed by atoms with Crippen molar-refractivity contribution in [2.75, 3.05) is 18.0 Å². The maximum absolute atomic E-state index is 13.1. The molecule has 11 heteroatoms. The van der Waals surface area contributed by atoms with Gasteiger partial charge in [-0.05, 0) is 31.0 Å². The number of hydrogen-bond donors (Lipinski definition) is 0. The molecule has 1 aromatic carbocycles. The van der Waals surface area contributed by atoms with Crippen molar-refractivity contribution in [1.29, 1.82) is 0 Å². The van der Waals surface area contributed by atoms with E-state index >= 15 is 0 Å². The molecule has 2 aromatic heterocycles. The summed E-state index contributed by atoms with van der Waals surface area (Å²) in [7, 11) is 0. The fourth-order valence-electron chi connectivity index (χ4n) is 3.71. The van der Waals surface area contributed by atoms with Crippen molar-refractivity contribution in [1.82, 2.24) is 14.6 Å². The number of anilines is 1. The van der Waals surface area contributed by atoms with E-state index in [1.807, 2.05) is 28.8 Å². The van der Waals surface area contributed by atoms with Gasteiger partial charge in [0.2, 0.25) is 0 Å². The smallest absolute Gasteiger partial charge is 0.365 e. The highest BCUT2D eigenvalue weighted by molar-refractivity contribution is 6.31. The molecule has 0 amide bonds. The molecule has 1 aliphatic rings. The highest BCUT2D eigenvalue weighted by Gasteiger charge is 2.37. The number of rotatable bonds is 3. The number of benzene rings is 1. The lowest BCUT2D eigenvalue weighted by Crippen LogP contribution is -2.35. The Balaban J connectivity index is 1.71. The van der Waals surface area contributed by atoms with Gasteiger partial charge in [-0.15, -0.1) is 10.2 Å². The second-order valence-electron chi connectivity index (χ2n) is 6.85. The van der Waals surface area contributed by atoms with Gasteiger partial charge in [0, 0.05) is 31.3 Å². The topological polar surface area (TPSA) is 76.6 Å². The van der Waals surface area contributed by atoms with E-state index in [4.69, 9.17) is 11.6 Å². The Kier molecular flexibility index (Phi) is 4.81. The van der Waals surface area contributed by atoms with Crippen LogP contribution < -0.4 is 4.90 Å². The predicted molar refractivity (Wildman–Crippen MR) is 100 cm³/mol. The van der Waals surface area contributed by atoms with Crippen LogP contribution in [0.4, 0.5) is 24.5 Å². The summed E-state index contributed by atoms with van der Waals surface area (Å²) in [5.41, 5.74) is -1.07. The van der Waals surface area contributed by atoms with Crippen LogP contribution in [0.15, 0.2) is 36.5 Å². The van der Waals surface area contributed by atoms with Crippen molar-refractivity contribution >= 4 is 28.6 Å². The van der Waals surface area contributed by atoms with Crippen LogP contribution in [-0.2, 0) is 6.18 Å². The lowest BCUT2D eigenvalue weighted by molar-refractivity contribution is -0.384. The summed E-state index contributed by atoms with van der Waals surface area (Å²) in [5, 5.41) is 19.3. The Morgan fingerprint density at radius 3 is 2.76 bits per heavy atom. The monoisotopic (exact) mass is 425 g/mol. The lowest BCUT2D eigenvalue weighted by atomic mass is 9.96. The molecule has 1 atom stereocenters. The molecule has 0 N–H and O–H groups in total. The SMILES string of the molecule is O=[N+]([O-])c1cc(C(F)(F)F)c(Cl)cc1N1CCCC(c2nnc3ccccn23)C1. The molecule has 152 valence electrons. The third kappa shape index (κ3) is 3.59. The maximum Gasteiger partial charge on any atom is 0.418 e. The van der Waals surface area contributed by atoms with Crippen LogP contribution in [0.2, 0.25) is 5.02 Å². The van der Waals surface area contributed by atoms with E-state index in [0.717, 1.165) is 12.5 Å². The molecular formula is C18H15ClF3N5O2. The average Bonchev–Trinajstić information content (AvgIpc) is 3.11. The summed E-state index contributed by atoms with van der Waals surface area (Å²) in [6.45, 7) is 0.827. The standard InChI is InChI=1S/C18H15ClF3N5O2/c19-13-9-14(15(27(28)29)8-12(13)18(20,21)22)25-6-3-4-11(10-25)17-24-23-16-5-1-2-7-26(16)17/h1-2,5,7-9,11H,3-4,6,10H2. The van der Waals surface area contributed by atoms with Gasteiger partial charge in [-0.2, -0.15) is 13.2 Å². The van der Waals surface area contributed by atoms with E-state index < -0.39 is 27.4 Å². The number of aromatic nitrogens is 3. The van der Waals surface area contributed by atoms with Gasteiger partial charge in [0.05, 0.1) is 15.5 Å². The van der Waals surface area contributed by atoms with Gasteiger partial charge in [-0.3, -0.25) is 14.5 Å². The van der Waals surface area contributed by atoms with E-state index in [9.17, 15) is 23.3 Å². The number of alkyl halides is 3. The zero-order valence-electron chi connectivity index (χ0n) is 14.9. The third-order valence-corrected chi connectivity index (χ3v) is 5.35. The van der Waals surface area contributed by atoms with E-state index in [1.54, 1.807) is 4.90 Å². The largest absolute Gasteiger partial charge is 0.418 e. The van der Waals surface area contributed by atoms with Crippen LogP contribution in [0.5, 0.6) is 0 Å². The van der Waals surface area contributed by atoms with Gasteiger partial charge >= 0.3 is 6.18 Å². The Morgan fingerprint density at radius 2 is 2.03 bits per heavy atom. The van der Waals surface area contributed by atoms with E-state index in [-0.39, 0.29) is 11.6 Å². The molecule has 29 heavy (non-hydrogen) atoms. The summed E-state index contributed by atoms with van der Waals surface area (Å²) < 4.78 is 41.2. The zero-order valence-corrected chi connectivity index (χ0v) is 15.7. The fourth-order valence-corrected chi connectivity index (χ4v) is 3.98. The first kappa shape index (κ1) is 19.4. The van der Waals surface area contributed by atoms with Gasteiger partial charge in [0.15, 0.2) is 5.65 Å². The molecule has 0 radical (unpaired) electrons. The van der Waals surface area contributed by atoms with Gasteiger partial charge < -0.3 is 4.90 Å². The fraction of sp³-hybridized carbons (Fsp3) is 0.333. The third-order valence-electron chi connectivity index (χ3n) is 5.03. The average molecular weight is 426 g/mol. The van der Waals surface area contributed by atoms with Crippen LogP contribution in [-0.4, -0.2) is 32.6 Å². The number of halogens is 4. The number of piperidine rings is 1. The molecule has 1 saturated heterocycles. The van der Waals surface area contributed by atoms with Gasteiger partial charge in [0.1, 0.15) is 11.5 Å². The van der Waals surface area contributed by atoms with E-state index in [0.29, 0.717) is 37.0 Å². The van der Waals surface area contributed by atoms with Crippen LogP contribution in [0, 0.1) is 10.1 Å². The summed E-state index contributed by atoms with van der Waals surface area (Å²) in [6, 6.07) is 7.05.